The molecule has 0 aromatic heterocycles. The van der Waals surface area contributed by atoms with Crippen molar-refractivity contribution in [1.82, 2.24) is 0 Å². The summed E-state index contributed by atoms with van der Waals surface area (Å²) in [4.78, 5) is 24.9. The summed E-state index contributed by atoms with van der Waals surface area (Å²) in [6.45, 7) is 3.75. The van der Waals surface area contributed by atoms with Crippen molar-refractivity contribution < 1.29 is 19.1 Å². The molecule has 96 valence electrons. The number of carbonyl (C=O) groups is 2. The van der Waals surface area contributed by atoms with Crippen molar-refractivity contribution in [1.29, 1.82) is 0 Å². The lowest BCUT2D eigenvalue weighted by Crippen LogP contribution is -2.41. The maximum atomic E-state index is 12.5. The van der Waals surface area contributed by atoms with Crippen LogP contribution in [0.15, 0.2) is 35.6 Å². The number of benzene rings is 1. The van der Waals surface area contributed by atoms with Crippen LogP contribution in [0.5, 0.6) is 0 Å². The van der Waals surface area contributed by atoms with E-state index < -0.39 is 5.60 Å². The van der Waals surface area contributed by atoms with Crippen LogP contribution in [-0.4, -0.2) is 29.4 Å². The van der Waals surface area contributed by atoms with E-state index >= 15 is 0 Å². The molecule has 4 heteroatoms. The van der Waals surface area contributed by atoms with Crippen molar-refractivity contribution >= 4 is 11.6 Å². The minimum Gasteiger partial charge on any atom is -0.480 e. The quantitative estimate of drug-likeness (QED) is 0.665. The number of ether oxygens (including phenoxy) is 2. The zero-order valence-electron chi connectivity index (χ0n) is 10.6. The molecule has 0 saturated carbocycles. The Kier molecular flexibility index (Phi) is 1.81. The molecule has 2 unspecified atom stereocenters. The van der Waals surface area contributed by atoms with Gasteiger partial charge in [-0.1, -0.05) is 24.3 Å². The van der Waals surface area contributed by atoms with Crippen molar-refractivity contribution in [3.05, 3.63) is 46.7 Å². The number of rotatable bonds is 0. The molecule has 1 saturated heterocycles. The van der Waals surface area contributed by atoms with Gasteiger partial charge in [-0.15, -0.1) is 0 Å². The van der Waals surface area contributed by atoms with Gasteiger partial charge in [-0.3, -0.25) is 9.59 Å². The number of Topliss-reactive ketones (excluding diaryl/α,β-unsaturated/α-hetero) is 2. The van der Waals surface area contributed by atoms with E-state index in [1.165, 1.54) is 0 Å². The minimum atomic E-state index is -0.564. The first kappa shape index (κ1) is 10.9. The van der Waals surface area contributed by atoms with Crippen LogP contribution in [0.2, 0.25) is 0 Å². The van der Waals surface area contributed by atoms with Gasteiger partial charge in [0.05, 0.1) is 5.57 Å². The highest BCUT2D eigenvalue weighted by Crippen LogP contribution is 2.48. The zero-order chi connectivity index (χ0) is 13.4. The molecule has 1 fully saturated rings. The van der Waals surface area contributed by atoms with E-state index in [-0.39, 0.29) is 29.5 Å². The van der Waals surface area contributed by atoms with Crippen LogP contribution < -0.4 is 0 Å². The molecule has 0 bridgehead atoms. The number of ketones is 2. The first-order valence-electron chi connectivity index (χ1n) is 6.28. The van der Waals surface area contributed by atoms with Crippen LogP contribution in [0.4, 0.5) is 0 Å². The number of fused-ring (bicyclic) bond motifs is 3. The summed E-state index contributed by atoms with van der Waals surface area (Å²) in [7, 11) is 0. The zero-order valence-corrected chi connectivity index (χ0v) is 10.6. The van der Waals surface area contributed by atoms with Crippen LogP contribution in [0.3, 0.4) is 0 Å². The molecule has 4 nitrogen and oxygen atoms in total. The second-order valence-corrected chi connectivity index (χ2v) is 5.63. The molecule has 4 rings (SSSR count). The van der Waals surface area contributed by atoms with Gasteiger partial charge in [-0.25, -0.2) is 0 Å². The Morgan fingerprint density at radius 3 is 2.37 bits per heavy atom. The van der Waals surface area contributed by atoms with Gasteiger partial charge in [0.15, 0.2) is 11.5 Å². The van der Waals surface area contributed by atoms with Gasteiger partial charge in [0.2, 0.25) is 5.78 Å². The second kappa shape index (κ2) is 3.14. The van der Waals surface area contributed by atoms with Crippen molar-refractivity contribution in [2.45, 2.75) is 31.7 Å². The van der Waals surface area contributed by atoms with Gasteiger partial charge >= 0.3 is 0 Å². The van der Waals surface area contributed by atoms with Crippen LogP contribution >= 0.6 is 0 Å². The minimum absolute atomic E-state index is 0.131. The lowest BCUT2D eigenvalue weighted by atomic mass is 9.82. The van der Waals surface area contributed by atoms with Crippen molar-refractivity contribution in [2.75, 3.05) is 0 Å². The molecule has 2 aliphatic heterocycles. The average molecular weight is 256 g/mol. The molecule has 2 atom stereocenters. The third-order valence-corrected chi connectivity index (χ3v) is 3.94. The molecule has 0 spiro atoms. The molecule has 3 aliphatic rings. The lowest BCUT2D eigenvalue weighted by molar-refractivity contribution is 0.00532. The molecule has 2 heterocycles. The summed E-state index contributed by atoms with van der Waals surface area (Å²) in [5.74, 6) is -0.187. The largest absolute Gasteiger partial charge is 0.480 e. The standard InChI is InChI=1S/C15H12O4/c1-15(2)14-13(18-14)9-10(16)7-5-3-4-6-8(7)11(17)12(9)19-15/h3-6,13-14H,1-2H3. The van der Waals surface area contributed by atoms with E-state index in [4.69, 9.17) is 9.47 Å². The first-order chi connectivity index (χ1) is 9.00. The number of allylic oxidation sites excluding steroid dienone is 1. The molecule has 1 aliphatic carbocycles. The number of epoxide rings is 1. The monoisotopic (exact) mass is 256 g/mol. The third-order valence-electron chi connectivity index (χ3n) is 3.94. The molecule has 0 radical (unpaired) electrons. The Labute approximate surface area is 110 Å². The Balaban J connectivity index is 1.93. The van der Waals surface area contributed by atoms with Gasteiger partial charge in [0.25, 0.3) is 0 Å². The first-order valence-corrected chi connectivity index (χ1v) is 6.28. The fourth-order valence-electron chi connectivity index (χ4n) is 2.91. The highest BCUT2D eigenvalue weighted by atomic mass is 16.6. The summed E-state index contributed by atoms with van der Waals surface area (Å²) < 4.78 is 11.3. The second-order valence-electron chi connectivity index (χ2n) is 5.63. The van der Waals surface area contributed by atoms with Crippen molar-refractivity contribution in [3.63, 3.8) is 0 Å². The van der Waals surface area contributed by atoms with Crippen LogP contribution in [0, 0.1) is 0 Å². The van der Waals surface area contributed by atoms with Crippen LogP contribution in [0.25, 0.3) is 0 Å². The molecule has 0 N–H and O–H groups in total. The van der Waals surface area contributed by atoms with Gasteiger partial charge < -0.3 is 9.47 Å². The van der Waals surface area contributed by atoms with Gasteiger partial charge in [0.1, 0.15) is 17.8 Å². The molecule has 1 aromatic carbocycles. The lowest BCUT2D eigenvalue weighted by Gasteiger charge is -2.32. The summed E-state index contributed by atoms with van der Waals surface area (Å²) in [5, 5.41) is 0. The molecule has 1 aromatic rings. The maximum Gasteiger partial charge on any atom is 0.228 e. The highest BCUT2D eigenvalue weighted by Gasteiger charge is 2.61. The topological polar surface area (TPSA) is 55.9 Å². The fraction of sp³-hybridized carbons (Fsp3) is 0.333. The third kappa shape index (κ3) is 1.27. The van der Waals surface area contributed by atoms with Crippen LogP contribution in [-0.2, 0) is 9.47 Å². The molecule has 19 heavy (non-hydrogen) atoms. The predicted octanol–water partition coefficient (Wildman–Crippen LogP) is 1.90. The Morgan fingerprint density at radius 2 is 1.68 bits per heavy atom. The van der Waals surface area contributed by atoms with Crippen molar-refractivity contribution in [2.24, 2.45) is 0 Å². The highest BCUT2D eigenvalue weighted by molar-refractivity contribution is 6.26. The summed E-state index contributed by atoms with van der Waals surface area (Å²) >= 11 is 0. The van der Waals surface area contributed by atoms with Crippen LogP contribution in [0.1, 0.15) is 34.6 Å². The number of hydrogen-bond donors (Lipinski definition) is 0. The van der Waals surface area contributed by atoms with E-state index in [1.54, 1.807) is 24.3 Å². The molecular formula is C15H12O4. The number of hydrogen-bond acceptors (Lipinski definition) is 4. The SMILES string of the molecule is CC1(C)OC2=C(C(=O)c3ccccc3C2=O)C2OC21. The van der Waals surface area contributed by atoms with Crippen molar-refractivity contribution in [3.8, 4) is 0 Å². The maximum absolute atomic E-state index is 12.5. The summed E-state index contributed by atoms with van der Waals surface area (Å²) in [6, 6.07) is 6.85. The smallest absolute Gasteiger partial charge is 0.228 e. The summed E-state index contributed by atoms with van der Waals surface area (Å²) in [6.07, 6.45) is -0.420. The predicted molar refractivity (Wildman–Crippen MR) is 66.0 cm³/mol. The molecular weight excluding hydrogens is 244 g/mol. The van der Waals surface area contributed by atoms with E-state index in [0.717, 1.165) is 0 Å². The van der Waals surface area contributed by atoms with E-state index in [2.05, 4.69) is 0 Å². The van der Waals surface area contributed by atoms with Gasteiger partial charge in [0, 0.05) is 11.1 Å². The Bertz CT molecular complexity index is 668. The normalized spacial score (nSPS) is 30.2. The average Bonchev–Trinajstić information content (AvgIpc) is 3.16. The van der Waals surface area contributed by atoms with Gasteiger partial charge in [-0.2, -0.15) is 0 Å². The summed E-state index contributed by atoms with van der Waals surface area (Å²) in [5.41, 5.74) is 0.698. The Hall–Kier alpha value is -1.94. The Morgan fingerprint density at radius 1 is 1.05 bits per heavy atom. The van der Waals surface area contributed by atoms with E-state index in [0.29, 0.717) is 16.7 Å². The van der Waals surface area contributed by atoms with Gasteiger partial charge in [-0.05, 0) is 13.8 Å². The van der Waals surface area contributed by atoms with E-state index in [1.807, 2.05) is 13.8 Å². The number of carbonyl (C=O) groups excluding carboxylic acids is 2. The van der Waals surface area contributed by atoms with E-state index in [9.17, 15) is 9.59 Å². The fourth-order valence-corrected chi connectivity index (χ4v) is 2.91. The molecule has 0 amide bonds.